The SMILES string of the molecule is N=C(N)c1ccc(C[C@H](C(=O)NCc2ccccc2)C(=O)N[C@H](C(=O)NCCN2CCNCC2)C2CCCCC2)cc1. The zero-order valence-corrected chi connectivity index (χ0v) is 24.4. The van der Waals surface area contributed by atoms with E-state index in [2.05, 4.69) is 26.2 Å². The van der Waals surface area contributed by atoms with Crippen LogP contribution in [0.5, 0.6) is 0 Å². The second kappa shape index (κ2) is 16.0. The smallest absolute Gasteiger partial charge is 0.242 e. The first-order chi connectivity index (χ1) is 20.4. The molecule has 1 aliphatic carbocycles. The molecule has 226 valence electrons. The Morgan fingerprint density at radius 3 is 2.24 bits per heavy atom. The van der Waals surface area contributed by atoms with Crippen LogP contribution in [0.25, 0.3) is 0 Å². The van der Waals surface area contributed by atoms with Gasteiger partial charge in [-0.2, -0.15) is 0 Å². The number of nitrogens with two attached hydrogens (primary N) is 1. The van der Waals surface area contributed by atoms with E-state index in [9.17, 15) is 14.4 Å². The highest BCUT2D eigenvalue weighted by Crippen LogP contribution is 2.27. The van der Waals surface area contributed by atoms with Crippen molar-refractivity contribution >= 4 is 23.6 Å². The molecule has 0 bridgehead atoms. The lowest BCUT2D eigenvalue weighted by molar-refractivity contribution is -0.138. The fourth-order valence-electron chi connectivity index (χ4n) is 5.77. The summed E-state index contributed by atoms with van der Waals surface area (Å²) in [5.41, 5.74) is 7.87. The van der Waals surface area contributed by atoms with Crippen molar-refractivity contribution in [3.05, 3.63) is 71.3 Å². The largest absolute Gasteiger partial charge is 0.384 e. The maximum Gasteiger partial charge on any atom is 0.242 e. The van der Waals surface area contributed by atoms with E-state index in [0.717, 1.165) is 76.0 Å². The fraction of sp³-hybridized carbons (Fsp3) is 0.500. The van der Waals surface area contributed by atoms with Crippen LogP contribution in [0.2, 0.25) is 0 Å². The molecule has 0 unspecified atom stereocenters. The van der Waals surface area contributed by atoms with Crippen LogP contribution in [0.1, 0.15) is 48.8 Å². The standard InChI is InChI=1S/C32H45N7O3/c33-29(34)26-13-11-23(12-14-26)21-27(30(40)37-22-24-7-3-1-4-8-24)31(41)38-28(25-9-5-2-6-10-25)32(42)36-17-20-39-18-15-35-16-19-39/h1,3-4,7-8,11-14,25,27-28,35H,2,5-6,9-10,15-22H2,(H3,33,34)(H,36,42)(H,37,40)(H,38,41)/t27-,28+/m1/s1. The molecular formula is C32H45N7O3. The lowest BCUT2D eigenvalue weighted by Gasteiger charge is -2.32. The molecule has 2 aromatic carbocycles. The van der Waals surface area contributed by atoms with Crippen LogP contribution in [0.15, 0.2) is 54.6 Å². The molecular weight excluding hydrogens is 530 g/mol. The molecule has 1 aliphatic heterocycles. The molecule has 0 aromatic heterocycles. The summed E-state index contributed by atoms with van der Waals surface area (Å²) in [6.45, 7) is 5.36. The molecule has 2 fully saturated rings. The summed E-state index contributed by atoms with van der Waals surface area (Å²) < 4.78 is 0. The Kier molecular flexibility index (Phi) is 11.9. The number of piperazine rings is 1. The van der Waals surface area contributed by atoms with E-state index in [4.69, 9.17) is 11.1 Å². The highest BCUT2D eigenvalue weighted by Gasteiger charge is 2.35. The molecule has 1 heterocycles. The number of carbonyl (C=O) groups excluding carboxylic acids is 3. The Hall–Kier alpha value is -3.76. The molecule has 1 saturated carbocycles. The van der Waals surface area contributed by atoms with Gasteiger partial charge in [-0.3, -0.25) is 24.7 Å². The van der Waals surface area contributed by atoms with Gasteiger partial charge in [0.25, 0.3) is 0 Å². The number of nitrogens with zero attached hydrogens (tertiary/aromatic N) is 1. The predicted molar refractivity (Wildman–Crippen MR) is 164 cm³/mol. The number of hydrogen-bond acceptors (Lipinski definition) is 6. The molecule has 0 spiro atoms. The molecule has 0 radical (unpaired) electrons. The van der Waals surface area contributed by atoms with E-state index < -0.39 is 23.8 Å². The van der Waals surface area contributed by atoms with Gasteiger partial charge in [-0.05, 0) is 36.3 Å². The first kappa shape index (κ1) is 31.2. The highest BCUT2D eigenvalue weighted by atomic mass is 16.2. The molecule has 10 heteroatoms. The molecule has 3 amide bonds. The summed E-state index contributed by atoms with van der Waals surface area (Å²) >= 11 is 0. The molecule has 1 saturated heterocycles. The summed E-state index contributed by atoms with van der Waals surface area (Å²) in [5.74, 6) is -2.08. The third-order valence-electron chi connectivity index (χ3n) is 8.29. The van der Waals surface area contributed by atoms with Crippen molar-refractivity contribution in [2.24, 2.45) is 17.6 Å². The Morgan fingerprint density at radius 1 is 0.881 bits per heavy atom. The second-order valence-corrected chi connectivity index (χ2v) is 11.3. The van der Waals surface area contributed by atoms with Crippen LogP contribution >= 0.6 is 0 Å². The average molecular weight is 576 g/mol. The Bertz CT molecular complexity index is 1180. The van der Waals surface area contributed by atoms with Gasteiger partial charge >= 0.3 is 0 Å². The zero-order chi connectivity index (χ0) is 29.7. The van der Waals surface area contributed by atoms with Gasteiger partial charge in [-0.1, -0.05) is 73.9 Å². The van der Waals surface area contributed by atoms with Crippen LogP contribution in [-0.2, 0) is 27.3 Å². The van der Waals surface area contributed by atoms with E-state index in [1.54, 1.807) is 24.3 Å². The molecule has 42 heavy (non-hydrogen) atoms. The van der Waals surface area contributed by atoms with Gasteiger partial charge in [0, 0.05) is 51.4 Å². The third kappa shape index (κ3) is 9.39. The van der Waals surface area contributed by atoms with Crippen molar-refractivity contribution in [2.45, 2.75) is 51.1 Å². The number of carbonyl (C=O) groups is 3. The highest BCUT2D eigenvalue weighted by molar-refractivity contribution is 6.02. The summed E-state index contributed by atoms with van der Waals surface area (Å²) in [6.07, 6.45) is 5.07. The van der Waals surface area contributed by atoms with Gasteiger partial charge in [0.15, 0.2) is 0 Å². The minimum atomic E-state index is -1.03. The topological polar surface area (TPSA) is 152 Å². The van der Waals surface area contributed by atoms with Gasteiger partial charge in [0.1, 0.15) is 17.8 Å². The summed E-state index contributed by atoms with van der Waals surface area (Å²) in [4.78, 5) is 43.1. The predicted octanol–water partition coefficient (Wildman–Crippen LogP) is 1.53. The first-order valence-corrected chi connectivity index (χ1v) is 15.2. The number of benzene rings is 2. The van der Waals surface area contributed by atoms with Crippen molar-refractivity contribution in [1.82, 2.24) is 26.2 Å². The fourth-order valence-corrected chi connectivity index (χ4v) is 5.77. The van der Waals surface area contributed by atoms with Gasteiger partial charge in [0.2, 0.25) is 17.7 Å². The van der Waals surface area contributed by atoms with Gasteiger partial charge in [-0.25, -0.2) is 0 Å². The summed E-state index contributed by atoms with van der Waals surface area (Å²) in [5, 5.41) is 20.0. The van der Waals surface area contributed by atoms with Crippen LogP contribution < -0.4 is 27.0 Å². The van der Waals surface area contributed by atoms with Crippen molar-refractivity contribution in [3.63, 3.8) is 0 Å². The van der Waals surface area contributed by atoms with Gasteiger partial charge in [-0.15, -0.1) is 0 Å². The van der Waals surface area contributed by atoms with Crippen molar-refractivity contribution in [1.29, 1.82) is 5.41 Å². The minimum absolute atomic E-state index is 0.0322. The van der Waals surface area contributed by atoms with Gasteiger partial charge in [0.05, 0.1) is 0 Å². The van der Waals surface area contributed by atoms with Crippen LogP contribution in [0, 0.1) is 17.2 Å². The molecule has 2 aromatic rings. The molecule has 2 aliphatic rings. The maximum absolute atomic E-state index is 13.8. The summed E-state index contributed by atoms with van der Waals surface area (Å²) in [7, 11) is 0. The molecule has 7 N–H and O–H groups in total. The zero-order valence-electron chi connectivity index (χ0n) is 24.4. The number of nitrogens with one attached hydrogen (secondary N) is 5. The van der Waals surface area contributed by atoms with Gasteiger partial charge < -0.3 is 27.0 Å². The lowest BCUT2D eigenvalue weighted by atomic mass is 9.83. The average Bonchev–Trinajstić information content (AvgIpc) is 3.02. The van der Waals surface area contributed by atoms with Crippen molar-refractivity contribution in [3.8, 4) is 0 Å². The van der Waals surface area contributed by atoms with Crippen LogP contribution in [0.4, 0.5) is 0 Å². The quantitative estimate of drug-likeness (QED) is 0.121. The number of amides is 3. The van der Waals surface area contributed by atoms with E-state index in [1.165, 1.54) is 0 Å². The maximum atomic E-state index is 13.8. The second-order valence-electron chi connectivity index (χ2n) is 11.3. The lowest BCUT2D eigenvalue weighted by Crippen LogP contribution is -2.55. The molecule has 10 nitrogen and oxygen atoms in total. The third-order valence-corrected chi connectivity index (χ3v) is 8.29. The van der Waals surface area contributed by atoms with Crippen molar-refractivity contribution in [2.75, 3.05) is 39.3 Å². The summed E-state index contributed by atoms with van der Waals surface area (Å²) in [6, 6.07) is 15.8. The normalized spacial score (nSPS) is 17.5. The molecule has 4 rings (SSSR count). The Labute approximate surface area is 248 Å². The van der Waals surface area contributed by atoms with E-state index in [1.807, 2.05) is 30.3 Å². The first-order valence-electron chi connectivity index (χ1n) is 15.2. The minimum Gasteiger partial charge on any atom is -0.384 e. The number of amidine groups is 1. The number of hydrogen-bond donors (Lipinski definition) is 6. The van der Waals surface area contributed by atoms with E-state index in [-0.39, 0.29) is 24.1 Å². The van der Waals surface area contributed by atoms with E-state index >= 15 is 0 Å². The van der Waals surface area contributed by atoms with Crippen molar-refractivity contribution < 1.29 is 14.4 Å². The van der Waals surface area contributed by atoms with E-state index in [0.29, 0.717) is 18.7 Å². The van der Waals surface area contributed by atoms with Crippen LogP contribution in [0.3, 0.4) is 0 Å². The number of rotatable bonds is 13. The Balaban J connectivity index is 1.46. The monoisotopic (exact) mass is 575 g/mol. The molecule has 2 atom stereocenters. The number of nitrogen functional groups attached to an aromatic ring is 1. The van der Waals surface area contributed by atoms with Crippen LogP contribution in [-0.4, -0.2) is 73.8 Å². The Morgan fingerprint density at radius 2 is 1.57 bits per heavy atom.